The van der Waals surface area contributed by atoms with E-state index in [2.05, 4.69) is 29.4 Å². The van der Waals surface area contributed by atoms with E-state index in [0.29, 0.717) is 69.0 Å². The molecule has 1 atom stereocenters. The van der Waals surface area contributed by atoms with Gasteiger partial charge in [-0.2, -0.15) is 10.2 Å². The highest BCUT2D eigenvalue weighted by Gasteiger charge is 2.33. The van der Waals surface area contributed by atoms with Crippen molar-refractivity contribution < 1.29 is 14.4 Å². The minimum Gasteiger partial charge on any atom is -0.351 e. The Labute approximate surface area is 229 Å². The van der Waals surface area contributed by atoms with Crippen LogP contribution in [-0.4, -0.2) is 83.7 Å². The van der Waals surface area contributed by atoms with Gasteiger partial charge in [0.2, 0.25) is 5.91 Å². The molecule has 3 aromatic rings. The number of nitrogens with zero attached hydrogens (tertiary/aromatic N) is 7. The van der Waals surface area contributed by atoms with E-state index in [-0.39, 0.29) is 23.8 Å². The summed E-state index contributed by atoms with van der Waals surface area (Å²) in [4.78, 5) is 44.3. The zero-order chi connectivity index (χ0) is 27.7. The molecule has 5 rings (SSSR count). The Bertz CT molecular complexity index is 1370. The quantitative estimate of drug-likeness (QED) is 0.550. The molecule has 2 bridgehead atoms. The van der Waals surface area contributed by atoms with E-state index in [1.807, 2.05) is 40.6 Å². The molecule has 1 aliphatic heterocycles. The molecule has 0 fully saturated rings. The molecule has 3 aromatic heterocycles. The number of hydrogen-bond acceptors (Lipinski definition) is 5. The van der Waals surface area contributed by atoms with Gasteiger partial charge in [-0.3, -0.25) is 19.1 Å². The zero-order valence-electron chi connectivity index (χ0n) is 23.5. The van der Waals surface area contributed by atoms with Gasteiger partial charge in [-0.05, 0) is 44.4 Å². The number of fused-ring (bicyclic) bond motifs is 2. The lowest BCUT2D eigenvalue weighted by molar-refractivity contribution is -0.134. The van der Waals surface area contributed by atoms with Gasteiger partial charge in [0.25, 0.3) is 11.8 Å². The number of nitrogens with one attached hydrogen (secondary N) is 1. The summed E-state index contributed by atoms with van der Waals surface area (Å²) < 4.78 is 5.39. The van der Waals surface area contributed by atoms with Crippen LogP contribution in [0.1, 0.15) is 78.1 Å². The molecule has 11 nitrogen and oxygen atoms in total. The molecular weight excluding hydrogens is 496 g/mol. The van der Waals surface area contributed by atoms with Gasteiger partial charge < -0.3 is 19.7 Å². The maximum atomic E-state index is 13.6. The Morgan fingerprint density at radius 1 is 1.13 bits per heavy atom. The lowest BCUT2D eigenvalue weighted by Crippen LogP contribution is -2.45. The summed E-state index contributed by atoms with van der Waals surface area (Å²) in [5.41, 5.74) is 3.78. The molecule has 1 aliphatic carbocycles. The maximum Gasteiger partial charge on any atom is 0.272 e. The molecule has 4 heterocycles. The highest BCUT2D eigenvalue weighted by Crippen LogP contribution is 2.28. The molecule has 0 saturated heterocycles. The monoisotopic (exact) mass is 536 g/mol. The first-order valence-corrected chi connectivity index (χ1v) is 14.1. The van der Waals surface area contributed by atoms with Gasteiger partial charge in [-0.1, -0.05) is 13.8 Å². The minimum absolute atomic E-state index is 0.0420. The second kappa shape index (κ2) is 11.2. The summed E-state index contributed by atoms with van der Waals surface area (Å²) in [6.07, 6.45) is 10.1. The first kappa shape index (κ1) is 27.0. The number of amides is 3. The van der Waals surface area contributed by atoms with E-state index in [4.69, 9.17) is 0 Å². The fraction of sp³-hybridized carbons (Fsp3) is 0.607. The van der Waals surface area contributed by atoms with Gasteiger partial charge >= 0.3 is 0 Å². The number of rotatable bonds is 4. The third-order valence-electron chi connectivity index (χ3n) is 8.11. The number of hydrogen-bond donors (Lipinski definition) is 1. The highest BCUT2D eigenvalue weighted by molar-refractivity contribution is 6.00. The molecule has 210 valence electrons. The van der Waals surface area contributed by atoms with Crippen molar-refractivity contribution in [1.82, 2.24) is 39.1 Å². The van der Waals surface area contributed by atoms with Crippen molar-refractivity contribution in [1.29, 1.82) is 0 Å². The Hall–Kier alpha value is -3.63. The third-order valence-corrected chi connectivity index (χ3v) is 8.11. The molecule has 0 radical (unpaired) electrons. The van der Waals surface area contributed by atoms with Crippen LogP contribution in [0.2, 0.25) is 0 Å². The van der Waals surface area contributed by atoms with E-state index in [0.717, 1.165) is 36.2 Å². The average molecular weight is 537 g/mol. The summed E-state index contributed by atoms with van der Waals surface area (Å²) in [6.45, 7) is 6.41. The summed E-state index contributed by atoms with van der Waals surface area (Å²) in [6, 6.07) is 0.0420. The van der Waals surface area contributed by atoms with Crippen LogP contribution in [0.4, 0.5) is 0 Å². The Kier molecular flexibility index (Phi) is 7.76. The molecular formula is C28H40N8O3. The number of carbonyl (C=O) groups excluding carboxylic acids is 3. The van der Waals surface area contributed by atoms with Crippen molar-refractivity contribution in [3.8, 4) is 0 Å². The van der Waals surface area contributed by atoms with Gasteiger partial charge in [0.15, 0.2) is 5.69 Å². The van der Waals surface area contributed by atoms with Crippen LogP contribution < -0.4 is 5.32 Å². The van der Waals surface area contributed by atoms with Gasteiger partial charge in [-0.25, -0.2) is 4.52 Å². The van der Waals surface area contributed by atoms with Crippen LogP contribution in [0.5, 0.6) is 0 Å². The summed E-state index contributed by atoms with van der Waals surface area (Å²) in [5.74, 6) is 0.296. The second-order valence-electron chi connectivity index (χ2n) is 11.3. The van der Waals surface area contributed by atoms with E-state index in [1.54, 1.807) is 15.6 Å². The van der Waals surface area contributed by atoms with E-state index in [1.165, 1.54) is 0 Å². The second-order valence-corrected chi connectivity index (χ2v) is 11.3. The molecule has 0 spiro atoms. The number of imidazole rings is 1. The number of aryl methyl sites for hydroxylation is 2. The van der Waals surface area contributed by atoms with Gasteiger partial charge in [0.05, 0.1) is 6.20 Å². The summed E-state index contributed by atoms with van der Waals surface area (Å²) in [7, 11) is 3.78. The average Bonchev–Trinajstić information content (AvgIpc) is 3.59. The van der Waals surface area contributed by atoms with Crippen molar-refractivity contribution in [3.05, 3.63) is 41.1 Å². The Balaban J connectivity index is 1.41. The highest BCUT2D eigenvalue weighted by atomic mass is 16.2. The lowest BCUT2D eigenvalue weighted by Gasteiger charge is -2.35. The first-order chi connectivity index (χ1) is 18.7. The van der Waals surface area contributed by atoms with Crippen molar-refractivity contribution in [2.24, 2.45) is 20.0 Å². The topological polar surface area (TPSA) is 110 Å². The molecule has 1 N–H and O–H groups in total. The lowest BCUT2D eigenvalue weighted by atomic mass is 9.89. The fourth-order valence-corrected chi connectivity index (χ4v) is 5.93. The van der Waals surface area contributed by atoms with E-state index >= 15 is 0 Å². The van der Waals surface area contributed by atoms with Crippen molar-refractivity contribution >= 4 is 23.4 Å². The SMILES string of the molecule is CC(C)CCN1C(=O)CCCN(C(=O)c2cnn3ccn(C)c23)CCCNC(=O)c2nn(C)c3c2CC1CC3. The summed E-state index contributed by atoms with van der Waals surface area (Å²) >= 11 is 0. The normalized spacial score (nSPS) is 19.4. The maximum absolute atomic E-state index is 13.6. The van der Waals surface area contributed by atoms with Gasteiger partial charge in [-0.15, -0.1) is 0 Å². The largest absolute Gasteiger partial charge is 0.351 e. The Morgan fingerprint density at radius 3 is 2.72 bits per heavy atom. The molecule has 11 heteroatoms. The van der Waals surface area contributed by atoms with Crippen LogP contribution in [0, 0.1) is 5.92 Å². The van der Waals surface area contributed by atoms with Crippen LogP contribution in [0.3, 0.4) is 0 Å². The van der Waals surface area contributed by atoms with Crippen molar-refractivity contribution in [2.75, 3.05) is 26.2 Å². The molecule has 1 unspecified atom stereocenters. The fourth-order valence-electron chi connectivity index (χ4n) is 5.93. The van der Waals surface area contributed by atoms with Crippen LogP contribution in [0.25, 0.3) is 5.65 Å². The molecule has 0 saturated carbocycles. The summed E-state index contributed by atoms with van der Waals surface area (Å²) in [5, 5.41) is 11.9. The van der Waals surface area contributed by atoms with Crippen molar-refractivity contribution in [3.63, 3.8) is 0 Å². The third kappa shape index (κ3) is 5.44. The van der Waals surface area contributed by atoms with Gasteiger partial charge in [0, 0.05) is 76.4 Å². The van der Waals surface area contributed by atoms with E-state index < -0.39 is 0 Å². The Morgan fingerprint density at radius 2 is 1.92 bits per heavy atom. The van der Waals surface area contributed by atoms with Crippen LogP contribution in [-0.2, 0) is 31.7 Å². The number of aromatic nitrogens is 5. The number of carbonyl (C=O) groups is 3. The van der Waals surface area contributed by atoms with Crippen LogP contribution in [0.15, 0.2) is 18.6 Å². The molecule has 2 aliphatic rings. The van der Waals surface area contributed by atoms with Crippen LogP contribution >= 0.6 is 0 Å². The predicted molar refractivity (Wildman–Crippen MR) is 146 cm³/mol. The van der Waals surface area contributed by atoms with E-state index in [9.17, 15) is 14.4 Å². The molecule has 0 aromatic carbocycles. The first-order valence-electron chi connectivity index (χ1n) is 14.1. The minimum atomic E-state index is -0.192. The predicted octanol–water partition coefficient (Wildman–Crippen LogP) is 2.19. The molecule has 39 heavy (non-hydrogen) atoms. The smallest absolute Gasteiger partial charge is 0.272 e. The van der Waals surface area contributed by atoms with Gasteiger partial charge in [0.1, 0.15) is 11.2 Å². The standard InChI is InChI=1S/C28H40N8O3/c1-19(2)10-14-35-20-8-9-23-21(17-20)25(31-33(23)4)26(38)29-11-6-13-34(12-5-7-24(35)37)28(39)22-18-30-36-16-15-32(3)27(22)36/h15-16,18-20H,5-14,17H2,1-4H3,(H,29,38). The van der Waals surface area contributed by atoms with Crippen molar-refractivity contribution in [2.45, 2.75) is 64.8 Å². The zero-order valence-corrected chi connectivity index (χ0v) is 23.5. The molecule has 3 amide bonds.